The molecule has 8 heteroatoms. The molecule has 1 atom stereocenters. The van der Waals surface area contributed by atoms with Crippen molar-refractivity contribution in [3.63, 3.8) is 0 Å². The lowest BCUT2D eigenvalue weighted by molar-refractivity contribution is 0.237. The number of fused-ring (bicyclic) bond motifs is 3. The molecule has 0 unspecified atom stereocenters. The second kappa shape index (κ2) is 8.39. The summed E-state index contributed by atoms with van der Waals surface area (Å²) in [6.45, 7) is 2.46. The van der Waals surface area contributed by atoms with Gasteiger partial charge in [0, 0.05) is 19.2 Å². The Morgan fingerprint density at radius 3 is 2.81 bits per heavy atom. The zero-order valence-electron chi connectivity index (χ0n) is 17.7. The molecule has 0 saturated carbocycles. The van der Waals surface area contributed by atoms with E-state index in [0.29, 0.717) is 6.54 Å². The standard InChI is InChI=1S/C24H22N6OS/c1-15(28-24(31)26-12-16-7-4-3-5-8-16)17-9-6-10-18(11-17)22-29-20-21-19(27-14-30(21)2)13-25-23(20)32-22/h3-11,13-15H,12H2,1-2H3,(H2,26,28,31)/t15-/m0/s1. The number of nitrogens with zero attached hydrogens (tertiary/aromatic N) is 4. The lowest BCUT2D eigenvalue weighted by Crippen LogP contribution is -2.36. The Hall–Kier alpha value is -3.78. The molecule has 3 aromatic heterocycles. The van der Waals surface area contributed by atoms with Crippen LogP contribution in [0.3, 0.4) is 0 Å². The normalized spacial score (nSPS) is 12.2. The van der Waals surface area contributed by atoms with Crippen LogP contribution in [0.5, 0.6) is 0 Å². The maximum atomic E-state index is 12.4. The van der Waals surface area contributed by atoms with Crippen LogP contribution in [-0.2, 0) is 13.6 Å². The van der Waals surface area contributed by atoms with Gasteiger partial charge in [-0.3, -0.25) is 0 Å². The van der Waals surface area contributed by atoms with Gasteiger partial charge >= 0.3 is 6.03 Å². The summed E-state index contributed by atoms with van der Waals surface area (Å²) in [5, 5.41) is 6.81. The number of hydrogen-bond acceptors (Lipinski definition) is 5. The first-order valence-electron chi connectivity index (χ1n) is 10.3. The number of urea groups is 1. The highest BCUT2D eigenvalue weighted by Crippen LogP contribution is 2.33. The fraction of sp³-hybridized carbons (Fsp3) is 0.167. The SMILES string of the molecule is C[C@H](NC(=O)NCc1ccccc1)c1cccc(-c2nc3c(ncc4ncn(C)c43)s2)c1. The van der Waals surface area contributed by atoms with Gasteiger partial charge in [0.2, 0.25) is 0 Å². The first kappa shape index (κ1) is 20.1. The predicted octanol–water partition coefficient (Wildman–Crippen LogP) is 4.81. The van der Waals surface area contributed by atoms with Gasteiger partial charge in [0.15, 0.2) is 0 Å². The van der Waals surface area contributed by atoms with E-state index in [2.05, 4.69) is 26.7 Å². The molecule has 0 spiro atoms. The summed E-state index contributed by atoms with van der Waals surface area (Å²) in [4.78, 5) is 27.0. The third-order valence-electron chi connectivity index (χ3n) is 5.38. The second-order valence-electron chi connectivity index (χ2n) is 7.68. The van der Waals surface area contributed by atoms with Gasteiger partial charge in [0.05, 0.1) is 24.1 Å². The molecule has 2 N–H and O–H groups in total. The van der Waals surface area contributed by atoms with Gasteiger partial charge in [-0.15, -0.1) is 0 Å². The minimum atomic E-state index is -0.199. The number of rotatable bonds is 5. The predicted molar refractivity (Wildman–Crippen MR) is 127 cm³/mol. The molecular weight excluding hydrogens is 420 g/mol. The van der Waals surface area contributed by atoms with Crippen LogP contribution >= 0.6 is 11.3 Å². The summed E-state index contributed by atoms with van der Waals surface area (Å²) in [6, 6.07) is 17.6. The van der Waals surface area contributed by atoms with Crippen molar-refractivity contribution in [1.29, 1.82) is 0 Å². The van der Waals surface area contributed by atoms with E-state index in [4.69, 9.17) is 4.98 Å². The largest absolute Gasteiger partial charge is 0.334 e. The molecule has 32 heavy (non-hydrogen) atoms. The van der Waals surface area contributed by atoms with Crippen LogP contribution in [0.25, 0.3) is 32.0 Å². The van der Waals surface area contributed by atoms with Crippen molar-refractivity contribution in [1.82, 2.24) is 30.2 Å². The average molecular weight is 443 g/mol. The molecule has 0 bridgehead atoms. The lowest BCUT2D eigenvalue weighted by atomic mass is 10.1. The molecule has 0 fully saturated rings. The molecule has 2 aromatic carbocycles. The summed E-state index contributed by atoms with van der Waals surface area (Å²) in [6.07, 6.45) is 3.57. The number of amides is 2. The van der Waals surface area contributed by atoms with Crippen LogP contribution < -0.4 is 10.6 Å². The van der Waals surface area contributed by atoms with Gasteiger partial charge < -0.3 is 15.2 Å². The fourth-order valence-corrected chi connectivity index (χ4v) is 4.59. The first-order chi connectivity index (χ1) is 15.6. The van der Waals surface area contributed by atoms with Crippen LogP contribution in [0.1, 0.15) is 24.1 Å². The number of imidazole rings is 1. The number of thiazole rings is 1. The highest BCUT2D eigenvalue weighted by atomic mass is 32.1. The van der Waals surface area contributed by atoms with E-state index >= 15 is 0 Å². The fourth-order valence-electron chi connectivity index (χ4n) is 3.68. The van der Waals surface area contributed by atoms with Crippen molar-refractivity contribution in [3.05, 3.63) is 78.2 Å². The van der Waals surface area contributed by atoms with Gasteiger partial charge in [0.25, 0.3) is 0 Å². The van der Waals surface area contributed by atoms with E-state index in [9.17, 15) is 4.79 Å². The number of carbonyl (C=O) groups excluding carboxylic acids is 1. The van der Waals surface area contributed by atoms with Gasteiger partial charge in [-0.2, -0.15) is 0 Å². The topological polar surface area (TPSA) is 84.7 Å². The number of pyridine rings is 1. The number of aromatic nitrogens is 4. The Bertz CT molecular complexity index is 1410. The van der Waals surface area contributed by atoms with Crippen molar-refractivity contribution in [3.8, 4) is 10.6 Å². The van der Waals surface area contributed by atoms with Crippen molar-refractivity contribution in [2.24, 2.45) is 7.05 Å². The number of nitrogens with one attached hydrogen (secondary N) is 2. The van der Waals surface area contributed by atoms with E-state index < -0.39 is 0 Å². The van der Waals surface area contributed by atoms with E-state index in [0.717, 1.165) is 43.1 Å². The third kappa shape index (κ3) is 3.92. The Morgan fingerprint density at radius 1 is 1.12 bits per heavy atom. The zero-order valence-corrected chi connectivity index (χ0v) is 18.6. The second-order valence-corrected chi connectivity index (χ2v) is 8.66. The van der Waals surface area contributed by atoms with Crippen molar-refractivity contribution in [2.45, 2.75) is 19.5 Å². The lowest BCUT2D eigenvalue weighted by Gasteiger charge is -2.16. The molecule has 5 rings (SSSR count). The van der Waals surface area contributed by atoms with Crippen LogP contribution in [0, 0.1) is 0 Å². The van der Waals surface area contributed by atoms with Gasteiger partial charge in [-0.25, -0.2) is 19.7 Å². The molecular formula is C24H22N6OS. The van der Waals surface area contributed by atoms with E-state index in [1.54, 1.807) is 23.9 Å². The van der Waals surface area contributed by atoms with Crippen LogP contribution in [0.15, 0.2) is 67.1 Å². The zero-order chi connectivity index (χ0) is 22.1. The monoisotopic (exact) mass is 442 g/mol. The number of benzene rings is 2. The maximum Gasteiger partial charge on any atom is 0.315 e. The van der Waals surface area contributed by atoms with Crippen LogP contribution in [0.4, 0.5) is 4.79 Å². The molecule has 2 amide bonds. The highest BCUT2D eigenvalue weighted by Gasteiger charge is 2.15. The van der Waals surface area contributed by atoms with E-state index in [1.165, 1.54) is 0 Å². The molecule has 160 valence electrons. The molecule has 0 saturated heterocycles. The Balaban J connectivity index is 1.34. The van der Waals surface area contributed by atoms with Crippen molar-refractivity contribution < 1.29 is 4.79 Å². The maximum absolute atomic E-state index is 12.4. The Kier molecular flexibility index (Phi) is 5.28. The molecule has 5 aromatic rings. The summed E-state index contributed by atoms with van der Waals surface area (Å²) in [5.74, 6) is 0. The molecule has 0 aliphatic rings. The molecule has 7 nitrogen and oxygen atoms in total. The third-order valence-corrected chi connectivity index (χ3v) is 6.39. The Labute approximate surface area is 189 Å². The minimum absolute atomic E-state index is 0.151. The van der Waals surface area contributed by atoms with Crippen LogP contribution in [0.2, 0.25) is 0 Å². The molecule has 3 heterocycles. The van der Waals surface area contributed by atoms with Crippen molar-refractivity contribution >= 4 is 38.7 Å². The van der Waals surface area contributed by atoms with Crippen molar-refractivity contribution in [2.75, 3.05) is 0 Å². The van der Waals surface area contributed by atoms with E-state index in [1.807, 2.05) is 67.1 Å². The summed E-state index contributed by atoms with van der Waals surface area (Å²) >= 11 is 1.55. The molecule has 0 aliphatic heterocycles. The number of aryl methyl sites for hydroxylation is 1. The first-order valence-corrected chi connectivity index (χ1v) is 11.2. The summed E-state index contributed by atoms with van der Waals surface area (Å²) < 4.78 is 1.97. The van der Waals surface area contributed by atoms with E-state index in [-0.39, 0.29) is 12.1 Å². The van der Waals surface area contributed by atoms with Gasteiger partial charge in [0.1, 0.15) is 20.9 Å². The highest BCUT2D eigenvalue weighted by molar-refractivity contribution is 7.21. The number of carbonyl (C=O) groups is 1. The quantitative estimate of drug-likeness (QED) is 0.409. The minimum Gasteiger partial charge on any atom is -0.334 e. The Morgan fingerprint density at radius 2 is 1.97 bits per heavy atom. The average Bonchev–Trinajstić information content (AvgIpc) is 3.42. The molecule has 0 aliphatic carbocycles. The molecule has 0 radical (unpaired) electrons. The van der Waals surface area contributed by atoms with Gasteiger partial charge in [-0.1, -0.05) is 59.9 Å². The smallest absolute Gasteiger partial charge is 0.315 e. The van der Waals surface area contributed by atoms with Gasteiger partial charge in [-0.05, 0) is 24.1 Å². The summed E-state index contributed by atoms with van der Waals surface area (Å²) in [7, 11) is 1.96. The van der Waals surface area contributed by atoms with Crippen LogP contribution in [-0.4, -0.2) is 25.6 Å². The number of hydrogen-bond donors (Lipinski definition) is 2. The summed E-state index contributed by atoms with van der Waals surface area (Å²) in [5.41, 5.74) is 5.75.